The van der Waals surface area contributed by atoms with E-state index < -0.39 is 5.97 Å². The fourth-order valence-corrected chi connectivity index (χ4v) is 1.84. The molecule has 0 aromatic carbocycles. The van der Waals surface area contributed by atoms with E-state index in [0.717, 1.165) is 39.3 Å². The summed E-state index contributed by atoms with van der Waals surface area (Å²) in [5, 5.41) is 8.68. The van der Waals surface area contributed by atoms with Gasteiger partial charge < -0.3 is 14.6 Å². The van der Waals surface area contributed by atoms with Crippen molar-refractivity contribution in [2.45, 2.75) is 25.9 Å². The van der Waals surface area contributed by atoms with Crippen LogP contribution in [0.15, 0.2) is 0 Å². The number of carboxylic acid groups (broad SMARTS) is 1. The number of aliphatic carboxylic acids is 1. The van der Waals surface area contributed by atoms with Gasteiger partial charge in [-0.2, -0.15) is 0 Å². The monoisotopic (exact) mass is 231 g/mol. The minimum atomic E-state index is -0.791. The molecular weight excluding hydrogens is 210 g/mol. The lowest BCUT2D eigenvalue weighted by molar-refractivity contribution is -0.142. The van der Waals surface area contributed by atoms with Crippen LogP contribution in [0.4, 0.5) is 0 Å². The van der Waals surface area contributed by atoms with Gasteiger partial charge in [0.15, 0.2) is 0 Å². The summed E-state index contributed by atoms with van der Waals surface area (Å²) in [6, 6.07) is 0. The summed E-state index contributed by atoms with van der Waals surface area (Å²) in [4.78, 5) is 12.8. The van der Waals surface area contributed by atoms with Crippen molar-refractivity contribution in [2.75, 3.05) is 39.5 Å². The number of carboxylic acids is 1. The topological polar surface area (TPSA) is 59.0 Å². The predicted molar refractivity (Wildman–Crippen MR) is 59.5 cm³/mol. The lowest BCUT2D eigenvalue weighted by atomic mass is 10.2. The number of rotatable bonds is 7. The minimum absolute atomic E-state index is 0.0992. The van der Waals surface area contributed by atoms with Gasteiger partial charge >= 0.3 is 5.97 Å². The van der Waals surface area contributed by atoms with Crippen LogP contribution in [0.1, 0.15) is 19.8 Å². The Morgan fingerprint density at radius 1 is 1.62 bits per heavy atom. The Labute approximate surface area is 96.3 Å². The molecule has 0 amide bonds. The van der Waals surface area contributed by atoms with E-state index in [-0.39, 0.29) is 12.5 Å². The van der Waals surface area contributed by atoms with Crippen molar-refractivity contribution in [1.82, 2.24) is 4.90 Å². The molecular formula is C11H21NO4. The molecule has 1 aliphatic rings. The van der Waals surface area contributed by atoms with Crippen molar-refractivity contribution in [2.24, 2.45) is 0 Å². The number of hydrogen-bond acceptors (Lipinski definition) is 4. The highest BCUT2D eigenvalue weighted by Gasteiger charge is 2.22. The molecule has 0 radical (unpaired) electrons. The van der Waals surface area contributed by atoms with E-state index in [1.807, 2.05) is 6.92 Å². The van der Waals surface area contributed by atoms with Gasteiger partial charge in [-0.05, 0) is 13.3 Å². The summed E-state index contributed by atoms with van der Waals surface area (Å²) in [6.07, 6.45) is 0.939. The fraction of sp³-hybridized carbons (Fsp3) is 0.909. The lowest BCUT2D eigenvalue weighted by Crippen LogP contribution is -2.43. The largest absolute Gasteiger partial charge is 0.481 e. The van der Waals surface area contributed by atoms with Gasteiger partial charge in [0.05, 0.1) is 19.1 Å². The van der Waals surface area contributed by atoms with Gasteiger partial charge in [0.2, 0.25) is 0 Å². The van der Waals surface area contributed by atoms with Crippen molar-refractivity contribution in [1.29, 1.82) is 0 Å². The molecule has 0 aliphatic carbocycles. The van der Waals surface area contributed by atoms with Crippen molar-refractivity contribution in [3.05, 3.63) is 0 Å². The maximum atomic E-state index is 10.6. The van der Waals surface area contributed by atoms with Crippen LogP contribution in [0.25, 0.3) is 0 Å². The highest BCUT2D eigenvalue weighted by atomic mass is 16.5. The first kappa shape index (κ1) is 13.4. The van der Waals surface area contributed by atoms with Gasteiger partial charge in [0, 0.05) is 32.8 Å². The van der Waals surface area contributed by atoms with Crippen molar-refractivity contribution >= 4 is 5.97 Å². The zero-order chi connectivity index (χ0) is 11.8. The molecule has 1 atom stereocenters. The zero-order valence-corrected chi connectivity index (χ0v) is 9.85. The van der Waals surface area contributed by atoms with E-state index in [1.165, 1.54) is 0 Å². The first-order valence-electron chi connectivity index (χ1n) is 5.86. The normalized spacial score (nSPS) is 22.2. The Bertz CT molecular complexity index is 210. The first-order valence-corrected chi connectivity index (χ1v) is 5.86. The van der Waals surface area contributed by atoms with E-state index in [9.17, 15) is 4.79 Å². The molecule has 5 heteroatoms. The SMILES string of the molecule is CCOCCCN1CCOC(CC(=O)O)C1. The second-order valence-corrected chi connectivity index (χ2v) is 3.94. The summed E-state index contributed by atoms with van der Waals surface area (Å²) in [7, 11) is 0. The van der Waals surface area contributed by atoms with Crippen LogP contribution in [-0.4, -0.2) is 61.5 Å². The third-order valence-electron chi connectivity index (χ3n) is 2.59. The molecule has 1 aliphatic heterocycles. The standard InChI is InChI=1S/C11H21NO4/c1-2-15-6-3-4-12-5-7-16-10(9-12)8-11(13)14/h10H,2-9H2,1H3,(H,13,14). The molecule has 1 heterocycles. The summed E-state index contributed by atoms with van der Waals surface area (Å²) in [5.41, 5.74) is 0. The van der Waals surface area contributed by atoms with Crippen LogP contribution >= 0.6 is 0 Å². The van der Waals surface area contributed by atoms with Gasteiger partial charge in [0.25, 0.3) is 0 Å². The van der Waals surface area contributed by atoms with Gasteiger partial charge in [-0.3, -0.25) is 9.69 Å². The van der Waals surface area contributed by atoms with E-state index in [4.69, 9.17) is 14.6 Å². The van der Waals surface area contributed by atoms with Gasteiger partial charge in [0.1, 0.15) is 0 Å². The van der Waals surface area contributed by atoms with E-state index >= 15 is 0 Å². The summed E-state index contributed by atoms with van der Waals surface area (Å²) >= 11 is 0. The van der Waals surface area contributed by atoms with Crippen LogP contribution < -0.4 is 0 Å². The molecule has 0 bridgehead atoms. The zero-order valence-electron chi connectivity index (χ0n) is 9.85. The summed E-state index contributed by atoms with van der Waals surface area (Å²) in [5.74, 6) is -0.791. The molecule has 1 fully saturated rings. The molecule has 5 nitrogen and oxygen atoms in total. The number of carbonyl (C=O) groups is 1. The highest BCUT2D eigenvalue weighted by Crippen LogP contribution is 2.09. The maximum absolute atomic E-state index is 10.6. The summed E-state index contributed by atoms with van der Waals surface area (Å²) < 4.78 is 10.7. The highest BCUT2D eigenvalue weighted by molar-refractivity contribution is 5.67. The molecule has 94 valence electrons. The molecule has 16 heavy (non-hydrogen) atoms. The average molecular weight is 231 g/mol. The quantitative estimate of drug-likeness (QED) is 0.650. The minimum Gasteiger partial charge on any atom is -0.481 e. The Balaban J connectivity index is 2.14. The lowest BCUT2D eigenvalue weighted by Gasteiger charge is -2.32. The second kappa shape index (κ2) is 7.60. The molecule has 1 N–H and O–H groups in total. The van der Waals surface area contributed by atoms with E-state index in [0.29, 0.717) is 6.61 Å². The smallest absolute Gasteiger partial charge is 0.306 e. The number of ether oxygens (including phenoxy) is 2. The van der Waals surface area contributed by atoms with E-state index in [2.05, 4.69) is 4.90 Å². The van der Waals surface area contributed by atoms with Gasteiger partial charge in [-0.1, -0.05) is 0 Å². The van der Waals surface area contributed by atoms with E-state index in [1.54, 1.807) is 0 Å². The fourth-order valence-electron chi connectivity index (χ4n) is 1.84. The molecule has 0 spiro atoms. The molecule has 0 aromatic heterocycles. The Morgan fingerprint density at radius 3 is 3.12 bits per heavy atom. The van der Waals surface area contributed by atoms with Crippen LogP contribution in [-0.2, 0) is 14.3 Å². The van der Waals surface area contributed by atoms with Crippen LogP contribution in [0.3, 0.4) is 0 Å². The summed E-state index contributed by atoms with van der Waals surface area (Å²) in [6.45, 7) is 6.71. The average Bonchev–Trinajstić information content (AvgIpc) is 2.24. The molecule has 1 saturated heterocycles. The van der Waals surface area contributed by atoms with Crippen LogP contribution in [0, 0.1) is 0 Å². The predicted octanol–water partition coefficient (Wildman–Crippen LogP) is 0.589. The number of hydrogen-bond donors (Lipinski definition) is 1. The van der Waals surface area contributed by atoms with Crippen LogP contribution in [0.2, 0.25) is 0 Å². The van der Waals surface area contributed by atoms with Crippen molar-refractivity contribution in [3.63, 3.8) is 0 Å². The number of nitrogens with zero attached hydrogens (tertiary/aromatic N) is 1. The van der Waals surface area contributed by atoms with Crippen molar-refractivity contribution in [3.8, 4) is 0 Å². The third-order valence-corrected chi connectivity index (χ3v) is 2.59. The first-order chi connectivity index (χ1) is 7.72. The maximum Gasteiger partial charge on any atom is 0.306 e. The Kier molecular flexibility index (Phi) is 6.37. The second-order valence-electron chi connectivity index (χ2n) is 3.94. The molecule has 1 unspecified atom stereocenters. The van der Waals surface area contributed by atoms with Gasteiger partial charge in [-0.25, -0.2) is 0 Å². The van der Waals surface area contributed by atoms with Gasteiger partial charge in [-0.15, -0.1) is 0 Å². The molecule has 0 aromatic rings. The molecule has 0 saturated carbocycles. The van der Waals surface area contributed by atoms with Crippen LogP contribution in [0.5, 0.6) is 0 Å². The van der Waals surface area contributed by atoms with Crippen molar-refractivity contribution < 1.29 is 19.4 Å². The number of morpholine rings is 1. The third kappa shape index (κ3) is 5.44. The Hall–Kier alpha value is -0.650. The Morgan fingerprint density at radius 2 is 2.44 bits per heavy atom. The molecule has 1 rings (SSSR count).